The molecule has 7 heteroatoms. The Bertz CT molecular complexity index is 853. The van der Waals surface area contributed by atoms with E-state index < -0.39 is 0 Å². The van der Waals surface area contributed by atoms with Gasteiger partial charge in [0.05, 0.1) is 0 Å². The molecular weight excluding hydrogens is 371 g/mol. The fourth-order valence-electron chi connectivity index (χ4n) is 3.46. The summed E-state index contributed by atoms with van der Waals surface area (Å²) < 4.78 is 24.6. The topological polar surface area (TPSA) is 50.8 Å². The van der Waals surface area contributed by atoms with E-state index in [1.54, 1.807) is 24.3 Å². The predicted octanol–water partition coefficient (Wildman–Crippen LogP) is 4.06. The van der Waals surface area contributed by atoms with Crippen LogP contribution in [-0.4, -0.2) is 30.7 Å². The highest BCUT2D eigenvalue weighted by Crippen LogP contribution is 2.34. The van der Waals surface area contributed by atoms with Gasteiger partial charge < -0.3 is 14.8 Å². The van der Waals surface area contributed by atoms with Crippen LogP contribution in [0.5, 0.6) is 11.5 Å². The number of piperidine rings is 1. The van der Waals surface area contributed by atoms with Crippen molar-refractivity contribution in [3.63, 3.8) is 0 Å². The maximum atomic E-state index is 14.0. The Morgan fingerprint density at radius 1 is 1.15 bits per heavy atom. The minimum absolute atomic E-state index is 0.00573. The van der Waals surface area contributed by atoms with Gasteiger partial charge in [-0.15, -0.1) is 0 Å². The Kier molecular flexibility index (Phi) is 5.18. The van der Waals surface area contributed by atoms with Crippen LogP contribution >= 0.6 is 11.6 Å². The number of nitrogens with zero attached hydrogens (tertiary/aromatic N) is 1. The van der Waals surface area contributed by atoms with Crippen molar-refractivity contribution in [2.75, 3.05) is 25.2 Å². The van der Waals surface area contributed by atoms with Gasteiger partial charge in [0.1, 0.15) is 5.82 Å². The normalized spacial score (nSPS) is 17.1. The summed E-state index contributed by atoms with van der Waals surface area (Å²) in [5.74, 6) is 1.00. The molecule has 2 aliphatic rings. The fourth-order valence-corrected chi connectivity index (χ4v) is 3.62. The lowest BCUT2D eigenvalue weighted by Crippen LogP contribution is -2.37. The summed E-state index contributed by atoms with van der Waals surface area (Å²) in [4.78, 5) is 14.7. The molecule has 0 unspecified atom stereocenters. The summed E-state index contributed by atoms with van der Waals surface area (Å²) in [5.41, 5.74) is 1.33. The lowest BCUT2D eigenvalue weighted by atomic mass is 9.95. The maximum absolute atomic E-state index is 14.0. The predicted molar refractivity (Wildman–Crippen MR) is 101 cm³/mol. The van der Waals surface area contributed by atoms with Crippen LogP contribution in [0.4, 0.5) is 10.1 Å². The largest absolute Gasteiger partial charge is 0.454 e. The number of likely N-dealkylation sites (tertiary alicyclic amines) is 1. The Labute approximate surface area is 162 Å². The van der Waals surface area contributed by atoms with Gasteiger partial charge in [-0.2, -0.15) is 0 Å². The highest BCUT2D eigenvalue weighted by Gasteiger charge is 2.26. The number of amides is 1. The summed E-state index contributed by atoms with van der Waals surface area (Å²) in [6, 6.07) is 10.1. The van der Waals surface area contributed by atoms with Gasteiger partial charge in [0.25, 0.3) is 0 Å². The van der Waals surface area contributed by atoms with Crippen LogP contribution in [0.15, 0.2) is 36.4 Å². The van der Waals surface area contributed by atoms with Gasteiger partial charge >= 0.3 is 0 Å². The minimum Gasteiger partial charge on any atom is -0.454 e. The van der Waals surface area contributed by atoms with Crippen LogP contribution < -0.4 is 14.8 Å². The molecule has 2 aromatic carbocycles. The number of ether oxygens (including phenoxy) is 2. The first-order valence-electron chi connectivity index (χ1n) is 8.95. The van der Waals surface area contributed by atoms with Gasteiger partial charge in [-0.3, -0.25) is 9.69 Å². The van der Waals surface area contributed by atoms with E-state index in [-0.39, 0.29) is 24.4 Å². The summed E-state index contributed by atoms with van der Waals surface area (Å²) in [6.07, 6.45) is 1.48. The number of carbonyl (C=O) groups excluding carboxylic acids is 1. The third kappa shape index (κ3) is 4.17. The van der Waals surface area contributed by atoms with E-state index in [2.05, 4.69) is 10.2 Å². The molecule has 0 aromatic heterocycles. The van der Waals surface area contributed by atoms with E-state index in [1.165, 1.54) is 6.07 Å². The van der Waals surface area contributed by atoms with Gasteiger partial charge in [0, 0.05) is 34.8 Å². The van der Waals surface area contributed by atoms with E-state index in [4.69, 9.17) is 21.1 Å². The molecule has 0 aliphatic carbocycles. The van der Waals surface area contributed by atoms with Gasteiger partial charge in [-0.25, -0.2) is 4.39 Å². The first kappa shape index (κ1) is 18.1. The molecule has 4 rings (SSSR count). The van der Waals surface area contributed by atoms with E-state index in [9.17, 15) is 9.18 Å². The average molecular weight is 391 g/mol. The first-order chi connectivity index (χ1) is 13.1. The second kappa shape index (κ2) is 7.74. The van der Waals surface area contributed by atoms with Crippen molar-refractivity contribution in [3.8, 4) is 11.5 Å². The average Bonchev–Trinajstić information content (AvgIpc) is 3.12. The molecule has 1 saturated heterocycles. The monoisotopic (exact) mass is 390 g/mol. The molecule has 2 aromatic rings. The number of anilines is 1. The smallest absolute Gasteiger partial charge is 0.231 e. The van der Waals surface area contributed by atoms with E-state index in [0.29, 0.717) is 34.3 Å². The molecule has 1 N–H and O–H groups in total. The summed E-state index contributed by atoms with van der Waals surface area (Å²) in [6.45, 7) is 2.24. The zero-order valence-corrected chi connectivity index (χ0v) is 15.5. The SMILES string of the molecule is O=C(Nc1ccc2c(c1)OCO2)C1CCN(Cc2ccc(Cl)cc2F)CC1. The molecule has 0 radical (unpaired) electrons. The molecule has 27 heavy (non-hydrogen) atoms. The quantitative estimate of drug-likeness (QED) is 0.855. The molecule has 2 aliphatic heterocycles. The lowest BCUT2D eigenvalue weighted by molar-refractivity contribution is -0.121. The van der Waals surface area contributed by atoms with Crippen molar-refractivity contribution in [2.45, 2.75) is 19.4 Å². The zero-order chi connectivity index (χ0) is 18.8. The van der Waals surface area contributed by atoms with Crippen molar-refractivity contribution < 1.29 is 18.7 Å². The molecular formula is C20H20ClFN2O3. The van der Waals surface area contributed by atoms with E-state index >= 15 is 0 Å². The highest BCUT2D eigenvalue weighted by atomic mass is 35.5. The van der Waals surface area contributed by atoms with Crippen LogP contribution in [0, 0.1) is 11.7 Å². The van der Waals surface area contributed by atoms with Gasteiger partial charge in [-0.1, -0.05) is 17.7 Å². The van der Waals surface area contributed by atoms with Crippen LogP contribution in [0.3, 0.4) is 0 Å². The Hall–Kier alpha value is -2.31. The number of nitrogens with one attached hydrogen (secondary N) is 1. The van der Waals surface area contributed by atoms with Crippen molar-refractivity contribution >= 4 is 23.2 Å². The molecule has 142 valence electrons. The van der Waals surface area contributed by atoms with Crippen LogP contribution in [0.25, 0.3) is 0 Å². The molecule has 0 bridgehead atoms. The van der Waals surface area contributed by atoms with Gasteiger partial charge in [0.2, 0.25) is 12.7 Å². The fraction of sp³-hybridized carbons (Fsp3) is 0.350. The number of hydrogen-bond acceptors (Lipinski definition) is 4. The number of halogens is 2. The number of carbonyl (C=O) groups is 1. The summed E-state index contributed by atoms with van der Waals surface area (Å²) in [5, 5.41) is 3.35. The second-order valence-corrected chi connectivity index (χ2v) is 7.28. The maximum Gasteiger partial charge on any atom is 0.231 e. The van der Waals surface area contributed by atoms with Gasteiger partial charge in [0.15, 0.2) is 11.5 Å². The molecule has 1 fully saturated rings. The second-order valence-electron chi connectivity index (χ2n) is 6.84. The molecule has 1 amide bonds. The molecule has 0 spiro atoms. The highest BCUT2D eigenvalue weighted by molar-refractivity contribution is 6.30. The third-order valence-electron chi connectivity index (χ3n) is 5.01. The van der Waals surface area contributed by atoms with Crippen LogP contribution in [0.1, 0.15) is 18.4 Å². The first-order valence-corrected chi connectivity index (χ1v) is 9.33. The Morgan fingerprint density at radius 3 is 2.70 bits per heavy atom. The molecule has 5 nitrogen and oxygen atoms in total. The Balaban J connectivity index is 1.30. The molecule has 0 atom stereocenters. The number of benzene rings is 2. The van der Waals surface area contributed by atoms with Crippen molar-refractivity contribution in [1.82, 2.24) is 4.90 Å². The number of hydrogen-bond donors (Lipinski definition) is 1. The zero-order valence-electron chi connectivity index (χ0n) is 14.7. The van der Waals surface area contributed by atoms with Crippen LogP contribution in [-0.2, 0) is 11.3 Å². The standard InChI is InChI=1S/C20H20ClFN2O3/c21-15-2-1-14(17(22)9-15)11-24-7-5-13(6-8-24)20(25)23-16-3-4-18-19(10-16)27-12-26-18/h1-4,9-10,13H,5-8,11-12H2,(H,23,25). The molecule has 0 saturated carbocycles. The van der Waals surface area contributed by atoms with E-state index in [0.717, 1.165) is 25.9 Å². The lowest BCUT2D eigenvalue weighted by Gasteiger charge is -2.31. The van der Waals surface area contributed by atoms with Crippen molar-refractivity contribution in [2.24, 2.45) is 5.92 Å². The molecule has 2 heterocycles. The summed E-state index contributed by atoms with van der Waals surface area (Å²) in [7, 11) is 0. The number of fused-ring (bicyclic) bond motifs is 1. The minimum atomic E-state index is -0.287. The third-order valence-corrected chi connectivity index (χ3v) is 5.24. The van der Waals surface area contributed by atoms with Crippen molar-refractivity contribution in [3.05, 3.63) is 52.8 Å². The van der Waals surface area contributed by atoms with E-state index in [1.807, 2.05) is 6.07 Å². The van der Waals surface area contributed by atoms with Crippen molar-refractivity contribution in [1.29, 1.82) is 0 Å². The van der Waals surface area contributed by atoms with Gasteiger partial charge in [-0.05, 0) is 50.2 Å². The Morgan fingerprint density at radius 2 is 1.93 bits per heavy atom. The summed E-state index contributed by atoms with van der Waals surface area (Å²) >= 11 is 5.80. The number of rotatable bonds is 4. The van der Waals surface area contributed by atoms with Crippen LogP contribution in [0.2, 0.25) is 5.02 Å².